The van der Waals surface area contributed by atoms with Crippen LogP contribution in [0, 0.1) is 11.8 Å². The van der Waals surface area contributed by atoms with Crippen LogP contribution < -0.4 is 0 Å². The Labute approximate surface area is 143 Å². The summed E-state index contributed by atoms with van der Waals surface area (Å²) in [6.07, 6.45) is 5.55. The Kier molecular flexibility index (Phi) is 5.87. The molecule has 2 aliphatic heterocycles. The van der Waals surface area contributed by atoms with Crippen molar-refractivity contribution in [3.8, 4) is 0 Å². The Balaban J connectivity index is 1.53. The van der Waals surface area contributed by atoms with E-state index < -0.39 is 0 Å². The molecule has 3 heterocycles. The standard InChI is InChI=1S/C18H29N3O3/c1-13(2)10-17(22)21-7-3-4-14(12-21)11-16-19-18(20-24-16)15-5-8-23-9-6-15/h13-15H,3-12H2,1-2H3. The Bertz CT molecular complexity index is 537. The maximum Gasteiger partial charge on any atom is 0.226 e. The van der Waals surface area contributed by atoms with Crippen molar-refractivity contribution in [1.82, 2.24) is 15.0 Å². The van der Waals surface area contributed by atoms with Gasteiger partial charge in [0.05, 0.1) is 0 Å². The molecule has 0 aliphatic carbocycles. The van der Waals surface area contributed by atoms with Crippen LogP contribution >= 0.6 is 0 Å². The zero-order chi connectivity index (χ0) is 16.9. The zero-order valence-electron chi connectivity index (χ0n) is 14.9. The zero-order valence-corrected chi connectivity index (χ0v) is 14.9. The van der Waals surface area contributed by atoms with E-state index in [0.29, 0.717) is 24.2 Å². The molecule has 134 valence electrons. The minimum Gasteiger partial charge on any atom is -0.381 e. The van der Waals surface area contributed by atoms with Gasteiger partial charge in [-0.3, -0.25) is 4.79 Å². The predicted octanol–water partition coefficient (Wildman–Crippen LogP) is 2.79. The summed E-state index contributed by atoms with van der Waals surface area (Å²) in [5.74, 6) is 3.04. The van der Waals surface area contributed by atoms with Gasteiger partial charge in [-0.1, -0.05) is 19.0 Å². The van der Waals surface area contributed by atoms with Crippen LogP contribution in [0.1, 0.15) is 63.6 Å². The van der Waals surface area contributed by atoms with Gasteiger partial charge in [-0.05, 0) is 37.5 Å². The van der Waals surface area contributed by atoms with Crippen LogP contribution in [0.5, 0.6) is 0 Å². The number of rotatable bonds is 5. The van der Waals surface area contributed by atoms with E-state index in [1.165, 1.54) is 0 Å². The van der Waals surface area contributed by atoms with Gasteiger partial charge in [-0.15, -0.1) is 0 Å². The van der Waals surface area contributed by atoms with Crippen molar-refractivity contribution in [2.45, 2.75) is 58.3 Å². The summed E-state index contributed by atoms with van der Waals surface area (Å²) >= 11 is 0. The lowest BCUT2D eigenvalue weighted by Gasteiger charge is -2.32. The average Bonchev–Trinajstić information content (AvgIpc) is 3.04. The van der Waals surface area contributed by atoms with Gasteiger partial charge in [0.25, 0.3) is 0 Å². The topological polar surface area (TPSA) is 68.5 Å². The second-order valence-corrected chi connectivity index (χ2v) is 7.58. The first kappa shape index (κ1) is 17.4. The van der Waals surface area contributed by atoms with E-state index in [1.807, 2.05) is 4.90 Å². The van der Waals surface area contributed by atoms with E-state index in [-0.39, 0.29) is 5.91 Å². The highest BCUT2D eigenvalue weighted by molar-refractivity contribution is 5.76. The van der Waals surface area contributed by atoms with Crippen molar-refractivity contribution in [1.29, 1.82) is 0 Å². The third-order valence-corrected chi connectivity index (χ3v) is 4.99. The van der Waals surface area contributed by atoms with Crippen LogP contribution in [0.3, 0.4) is 0 Å². The molecule has 0 spiro atoms. The molecule has 0 aromatic carbocycles. The molecular weight excluding hydrogens is 306 g/mol. The molecule has 3 rings (SSSR count). The Morgan fingerprint density at radius 3 is 2.83 bits per heavy atom. The van der Waals surface area contributed by atoms with Gasteiger partial charge in [0, 0.05) is 45.1 Å². The van der Waals surface area contributed by atoms with Gasteiger partial charge in [0.2, 0.25) is 11.8 Å². The highest BCUT2D eigenvalue weighted by Gasteiger charge is 2.27. The number of piperidine rings is 1. The third-order valence-electron chi connectivity index (χ3n) is 4.99. The molecule has 0 bridgehead atoms. The van der Waals surface area contributed by atoms with E-state index in [9.17, 15) is 4.79 Å². The highest BCUT2D eigenvalue weighted by atomic mass is 16.5. The number of aromatic nitrogens is 2. The number of ether oxygens (including phenoxy) is 1. The Morgan fingerprint density at radius 2 is 2.08 bits per heavy atom. The first-order chi connectivity index (χ1) is 11.6. The van der Waals surface area contributed by atoms with Gasteiger partial charge < -0.3 is 14.2 Å². The quantitative estimate of drug-likeness (QED) is 0.827. The van der Waals surface area contributed by atoms with Gasteiger partial charge >= 0.3 is 0 Å². The molecule has 1 aromatic rings. The smallest absolute Gasteiger partial charge is 0.226 e. The van der Waals surface area contributed by atoms with Crippen LogP contribution in [-0.2, 0) is 16.0 Å². The molecule has 0 saturated carbocycles. The van der Waals surface area contributed by atoms with E-state index in [0.717, 1.165) is 70.1 Å². The fourth-order valence-corrected chi connectivity index (χ4v) is 3.66. The second kappa shape index (κ2) is 8.10. The molecule has 0 radical (unpaired) electrons. The summed E-state index contributed by atoms with van der Waals surface area (Å²) in [5.41, 5.74) is 0. The molecule has 1 aromatic heterocycles. The molecule has 1 atom stereocenters. The SMILES string of the molecule is CC(C)CC(=O)N1CCCC(Cc2nc(C3CCOCC3)no2)C1. The minimum atomic E-state index is 0.281. The Hall–Kier alpha value is -1.43. The fourth-order valence-electron chi connectivity index (χ4n) is 3.66. The number of carbonyl (C=O) groups is 1. The van der Waals surface area contributed by atoms with E-state index in [1.54, 1.807) is 0 Å². The van der Waals surface area contributed by atoms with E-state index in [4.69, 9.17) is 9.26 Å². The van der Waals surface area contributed by atoms with Gasteiger partial charge in [-0.2, -0.15) is 4.98 Å². The van der Waals surface area contributed by atoms with Crippen LogP contribution in [-0.4, -0.2) is 47.3 Å². The summed E-state index contributed by atoms with van der Waals surface area (Å²) < 4.78 is 10.9. The first-order valence-electron chi connectivity index (χ1n) is 9.30. The van der Waals surface area contributed by atoms with Gasteiger partial charge in [0.1, 0.15) is 0 Å². The van der Waals surface area contributed by atoms with Crippen LogP contribution in [0.25, 0.3) is 0 Å². The molecular formula is C18H29N3O3. The molecule has 6 nitrogen and oxygen atoms in total. The van der Waals surface area contributed by atoms with E-state index in [2.05, 4.69) is 24.0 Å². The lowest BCUT2D eigenvalue weighted by atomic mass is 9.94. The summed E-state index contributed by atoms with van der Waals surface area (Å²) in [7, 11) is 0. The van der Waals surface area contributed by atoms with Crippen molar-refractivity contribution in [3.63, 3.8) is 0 Å². The number of carbonyl (C=O) groups excluding carboxylic acids is 1. The first-order valence-corrected chi connectivity index (χ1v) is 9.30. The molecule has 1 amide bonds. The monoisotopic (exact) mass is 335 g/mol. The van der Waals surface area contributed by atoms with Crippen molar-refractivity contribution < 1.29 is 14.1 Å². The van der Waals surface area contributed by atoms with E-state index >= 15 is 0 Å². The van der Waals surface area contributed by atoms with Crippen LogP contribution in [0.4, 0.5) is 0 Å². The van der Waals surface area contributed by atoms with Gasteiger partial charge in [0.15, 0.2) is 5.82 Å². The lowest BCUT2D eigenvalue weighted by molar-refractivity contribution is -0.133. The molecule has 2 fully saturated rings. The number of hydrogen-bond acceptors (Lipinski definition) is 5. The molecule has 6 heteroatoms. The highest BCUT2D eigenvalue weighted by Crippen LogP contribution is 2.26. The minimum absolute atomic E-state index is 0.281. The number of hydrogen-bond donors (Lipinski definition) is 0. The predicted molar refractivity (Wildman–Crippen MR) is 89.6 cm³/mol. The molecule has 2 saturated heterocycles. The maximum absolute atomic E-state index is 12.3. The molecule has 1 unspecified atom stereocenters. The summed E-state index contributed by atoms with van der Waals surface area (Å²) in [6.45, 7) is 7.46. The Morgan fingerprint density at radius 1 is 1.29 bits per heavy atom. The summed E-state index contributed by atoms with van der Waals surface area (Å²) in [6, 6.07) is 0. The molecule has 0 N–H and O–H groups in total. The second-order valence-electron chi connectivity index (χ2n) is 7.58. The lowest BCUT2D eigenvalue weighted by Crippen LogP contribution is -2.40. The third kappa shape index (κ3) is 4.56. The largest absolute Gasteiger partial charge is 0.381 e. The van der Waals surface area contributed by atoms with Gasteiger partial charge in [-0.25, -0.2) is 0 Å². The van der Waals surface area contributed by atoms with Crippen LogP contribution in [0.15, 0.2) is 4.52 Å². The fraction of sp³-hybridized carbons (Fsp3) is 0.833. The van der Waals surface area contributed by atoms with Crippen molar-refractivity contribution in [2.24, 2.45) is 11.8 Å². The van der Waals surface area contributed by atoms with Crippen molar-refractivity contribution in [2.75, 3.05) is 26.3 Å². The number of nitrogens with zero attached hydrogens (tertiary/aromatic N) is 3. The maximum atomic E-state index is 12.3. The van der Waals surface area contributed by atoms with Crippen LogP contribution in [0.2, 0.25) is 0 Å². The normalized spacial score (nSPS) is 23.0. The molecule has 24 heavy (non-hydrogen) atoms. The number of amides is 1. The summed E-state index contributed by atoms with van der Waals surface area (Å²) in [4.78, 5) is 18.9. The van der Waals surface area contributed by atoms with Crippen molar-refractivity contribution in [3.05, 3.63) is 11.7 Å². The average molecular weight is 335 g/mol. The van der Waals surface area contributed by atoms with Crippen molar-refractivity contribution >= 4 is 5.91 Å². The number of likely N-dealkylation sites (tertiary alicyclic amines) is 1. The molecule has 2 aliphatic rings. The summed E-state index contributed by atoms with van der Waals surface area (Å²) in [5, 5.41) is 4.18.